The minimum Gasteiger partial charge on any atom is -0.464 e. The molecule has 2 N–H and O–H groups in total. The normalized spacial score (nSPS) is 10.4. The highest BCUT2D eigenvalue weighted by Crippen LogP contribution is 2.33. The topological polar surface area (TPSA) is 65.2 Å². The van der Waals surface area contributed by atoms with Gasteiger partial charge in [-0.3, -0.25) is 0 Å². The monoisotopic (exact) mass is 366 g/mol. The van der Waals surface area contributed by atoms with Gasteiger partial charge in [-0.15, -0.1) is 11.3 Å². The van der Waals surface area contributed by atoms with E-state index in [1.165, 1.54) is 21.3 Å². The first-order chi connectivity index (χ1) is 7.61. The number of thiazole rings is 1. The number of carbonyl (C=O) groups is 1. The minimum absolute atomic E-state index is 0.198. The Bertz CT molecular complexity index is 535. The van der Waals surface area contributed by atoms with Crippen molar-refractivity contribution in [1.29, 1.82) is 0 Å². The summed E-state index contributed by atoms with van der Waals surface area (Å²) in [7, 11) is 1.31. The van der Waals surface area contributed by atoms with Gasteiger partial charge in [0.1, 0.15) is 10.0 Å². The van der Waals surface area contributed by atoms with Gasteiger partial charge in [0.05, 0.1) is 9.99 Å². The molecule has 0 bridgehead atoms. The zero-order valence-corrected chi connectivity index (χ0v) is 12.0. The predicted octanol–water partition coefficient (Wildman–Crippen LogP) is 2.85. The number of esters is 1. The second-order valence-electron chi connectivity index (χ2n) is 2.86. The second kappa shape index (κ2) is 4.68. The van der Waals surface area contributed by atoms with E-state index in [1.807, 2.05) is 11.4 Å². The van der Waals surface area contributed by atoms with Gasteiger partial charge in [0.15, 0.2) is 5.69 Å². The molecule has 0 unspecified atom stereocenters. The Morgan fingerprint density at radius 1 is 1.62 bits per heavy atom. The second-order valence-corrected chi connectivity index (χ2v) is 6.70. The van der Waals surface area contributed by atoms with Crippen LogP contribution in [-0.4, -0.2) is 18.1 Å². The van der Waals surface area contributed by atoms with E-state index in [4.69, 9.17) is 5.73 Å². The van der Waals surface area contributed by atoms with Crippen molar-refractivity contribution in [1.82, 2.24) is 4.98 Å². The minimum atomic E-state index is -0.495. The third-order valence-electron chi connectivity index (χ3n) is 1.85. The fraction of sp³-hybridized carbons (Fsp3) is 0.111. The van der Waals surface area contributed by atoms with Crippen molar-refractivity contribution in [3.8, 4) is 10.6 Å². The molecule has 0 aliphatic heterocycles. The van der Waals surface area contributed by atoms with E-state index in [1.54, 1.807) is 11.3 Å². The molecule has 0 saturated heterocycles. The van der Waals surface area contributed by atoms with Gasteiger partial charge in [0, 0.05) is 10.9 Å². The number of aromatic nitrogens is 1. The van der Waals surface area contributed by atoms with Crippen LogP contribution in [0, 0.1) is 2.88 Å². The van der Waals surface area contributed by atoms with Gasteiger partial charge in [-0.2, -0.15) is 0 Å². The highest BCUT2D eigenvalue weighted by Gasteiger charge is 2.17. The molecule has 0 aromatic carbocycles. The van der Waals surface area contributed by atoms with Gasteiger partial charge in [-0.05, 0) is 28.7 Å². The third kappa shape index (κ3) is 2.20. The van der Waals surface area contributed by atoms with Gasteiger partial charge in [-0.1, -0.05) is 11.3 Å². The van der Waals surface area contributed by atoms with Gasteiger partial charge in [0.25, 0.3) is 0 Å². The predicted molar refractivity (Wildman–Crippen MR) is 73.9 cm³/mol. The molecular weight excluding hydrogens is 359 g/mol. The van der Waals surface area contributed by atoms with Crippen LogP contribution in [0.15, 0.2) is 11.4 Å². The zero-order chi connectivity index (χ0) is 11.7. The van der Waals surface area contributed by atoms with E-state index in [9.17, 15) is 4.79 Å². The Kier molecular flexibility index (Phi) is 3.45. The summed E-state index contributed by atoms with van der Waals surface area (Å²) in [6, 6.07) is 2.00. The SMILES string of the molecule is COC(=O)c1nc(-c2csc(I)c2)sc1N. The number of ether oxygens (including phenoxy) is 1. The number of anilines is 1. The zero-order valence-electron chi connectivity index (χ0n) is 8.19. The van der Waals surface area contributed by atoms with Crippen molar-refractivity contribution >= 4 is 56.2 Å². The van der Waals surface area contributed by atoms with E-state index in [0.717, 1.165) is 10.6 Å². The summed E-state index contributed by atoms with van der Waals surface area (Å²) >= 11 is 5.15. The Morgan fingerprint density at radius 2 is 2.38 bits per heavy atom. The lowest BCUT2D eigenvalue weighted by molar-refractivity contribution is 0.0596. The standard InChI is InChI=1S/C9H7IN2O2S2/c1-14-9(13)6-7(11)16-8(12-6)4-2-5(10)15-3-4/h2-3H,11H2,1H3. The number of rotatable bonds is 2. The molecule has 0 spiro atoms. The maximum absolute atomic E-state index is 11.3. The van der Waals surface area contributed by atoms with Crippen LogP contribution in [0.1, 0.15) is 10.5 Å². The van der Waals surface area contributed by atoms with Crippen LogP contribution >= 0.6 is 45.3 Å². The average Bonchev–Trinajstić information content (AvgIpc) is 2.83. The van der Waals surface area contributed by atoms with E-state index in [-0.39, 0.29) is 5.69 Å². The first kappa shape index (κ1) is 11.8. The molecule has 0 atom stereocenters. The number of nitrogen functional groups attached to an aromatic ring is 1. The van der Waals surface area contributed by atoms with Crippen LogP contribution in [0.5, 0.6) is 0 Å². The molecule has 16 heavy (non-hydrogen) atoms. The van der Waals surface area contributed by atoms with Gasteiger partial charge >= 0.3 is 5.97 Å². The fourth-order valence-electron chi connectivity index (χ4n) is 1.12. The van der Waals surface area contributed by atoms with Gasteiger partial charge in [-0.25, -0.2) is 9.78 Å². The lowest BCUT2D eigenvalue weighted by atomic mass is 10.3. The lowest BCUT2D eigenvalue weighted by Gasteiger charge is -1.93. The number of nitrogens with zero attached hydrogens (tertiary/aromatic N) is 1. The molecule has 2 rings (SSSR count). The first-order valence-electron chi connectivity index (χ1n) is 4.21. The molecule has 0 amide bonds. The molecule has 2 aromatic rings. The van der Waals surface area contributed by atoms with E-state index >= 15 is 0 Å². The number of hydrogen-bond acceptors (Lipinski definition) is 6. The maximum Gasteiger partial charge on any atom is 0.359 e. The van der Waals surface area contributed by atoms with Crippen molar-refractivity contribution < 1.29 is 9.53 Å². The lowest BCUT2D eigenvalue weighted by Crippen LogP contribution is -2.04. The van der Waals surface area contributed by atoms with Crippen LogP contribution < -0.4 is 5.73 Å². The number of carbonyl (C=O) groups excluding carboxylic acids is 1. The highest BCUT2D eigenvalue weighted by atomic mass is 127. The number of thiophene rings is 1. The van der Waals surface area contributed by atoms with Crippen molar-refractivity contribution in [3.63, 3.8) is 0 Å². The van der Waals surface area contributed by atoms with Crippen molar-refractivity contribution in [2.45, 2.75) is 0 Å². The summed E-state index contributed by atoms with van der Waals surface area (Å²) in [6.45, 7) is 0. The number of nitrogens with two attached hydrogens (primary N) is 1. The molecule has 2 heterocycles. The molecule has 0 aliphatic rings. The molecule has 2 aromatic heterocycles. The van der Waals surface area contributed by atoms with E-state index in [2.05, 4.69) is 32.3 Å². The van der Waals surface area contributed by atoms with Gasteiger partial charge in [0.2, 0.25) is 0 Å². The molecule has 0 aliphatic carbocycles. The fourth-order valence-corrected chi connectivity index (χ4v) is 3.33. The Labute approximate surface area is 114 Å². The highest BCUT2D eigenvalue weighted by molar-refractivity contribution is 14.1. The first-order valence-corrected chi connectivity index (χ1v) is 6.98. The quantitative estimate of drug-likeness (QED) is 0.656. The summed E-state index contributed by atoms with van der Waals surface area (Å²) in [5, 5.41) is 3.13. The van der Waals surface area contributed by atoms with Crippen molar-refractivity contribution in [3.05, 3.63) is 20.0 Å². The van der Waals surface area contributed by atoms with Crippen molar-refractivity contribution in [2.75, 3.05) is 12.8 Å². The van der Waals surface area contributed by atoms with E-state index in [0.29, 0.717) is 5.00 Å². The molecule has 7 heteroatoms. The summed E-state index contributed by atoms with van der Waals surface area (Å²) in [6.07, 6.45) is 0. The molecule has 0 saturated carbocycles. The van der Waals surface area contributed by atoms with Crippen LogP contribution in [0.4, 0.5) is 5.00 Å². The van der Waals surface area contributed by atoms with Crippen LogP contribution in [0.3, 0.4) is 0 Å². The molecule has 0 fully saturated rings. The Balaban J connectivity index is 2.41. The number of hydrogen-bond donors (Lipinski definition) is 1. The van der Waals surface area contributed by atoms with Crippen LogP contribution in [0.2, 0.25) is 0 Å². The number of halogens is 1. The largest absolute Gasteiger partial charge is 0.464 e. The Morgan fingerprint density at radius 3 is 2.94 bits per heavy atom. The summed E-state index contributed by atoms with van der Waals surface area (Å²) in [5.41, 5.74) is 6.90. The third-order valence-corrected chi connectivity index (χ3v) is 4.57. The Hall–Kier alpha value is -0.670. The van der Waals surface area contributed by atoms with Crippen LogP contribution in [-0.2, 0) is 4.74 Å². The number of methoxy groups -OCH3 is 1. The van der Waals surface area contributed by atoms with Crippen LogP contribution in [0.25, 0.3) is 10.6 Å². The smallest absolute Gasteiger partial charge is 0.359 e. The molecule has 0 radical (unpaired) electrons. The summed E-state index contributed by atoms with van der Waals surface area (Å²) in [4.78, 5) is 15.5. The summed E-state index contributed by atoms with van der Waals surface area (Å²) in [5.74, 6) is -0.495. The molecular formula is C9H7IN2O2S2. The maximum atomic E-state index is 11.3. The molecule has 84 valence electrons. The molecule has 4 nitrogen and oxygen atoms in total. The van der Waals surface area contributed by atoms with Gasteiger partial charge < -0.3 is 10.5 Å². The van der Waals surface area contributed by atoms with E-state index < -0.39 is 5.97 Å². The average molecular weight is 366 g/mol. The summed E-state index contributed by atoms with van der Waals surface area (Å²) < 4.78 is 5.77. The van der Waals surface area contributed by atoms with Crippen molar-refractivity contribution in [2.24, 2.45) is 0 Å².